The largest absolute Gasteiger partial charge is 0.316 e. The van der Waals surface area contributed by atoms with Crippen molar-refractivity contribution in [2.75, 3.05) is 26.2 Å². The molecule has 1 aliphatic carbocycles. The fraction of sp³-hybridized carbons (Fsp3) is 0.833. The Bertz CT molecular complexity index is 515. The molecule has 3 heterocycles. The van der Waals surface area contributed by atoms with Gasteiger partial charge in [0, 0.05) is 44.4 Å². The van der Waals surface area contributed by atoms with E-state index in [2.05, 4.69) is 23.5 Å². The number of halogens is 1. The summed E-state index contributed by atoms with van der Waals surface area (Å²) in [7, 11) is 2.09. The van der Waals surface area contributed by atoms with Crippen LogP contribution in [0, 0.1) is 5.41 Å². The number of likely N-dealkylation sites (tertiary alicyclic amines) is 1. The molecule has 1 spiro atoms. The van der Waals surface area contributed by atoms with Crippen molar-refractivity contribution >= 4 is 12.4 Å². The van der Waals surface area contributed by atoms with Gasteiger partial charge in [-0.3, -0.25) is 9.58 Å². The molecule has 0 bridgehead atoms. The van der Waals surface area contributed by atoms with Crippen LogP contribution < -0.4 is 5.32 Å². The van der Waals surface area contributed by atoms with E-state index in [-0.39, 0.29) is 12.4 Å². The van der Waals surface area contributed by atoms with Crippen molar-refractivity contribution in [1.29, 1.82) is 0 Å². The molecule has 1 N–H and O–H groups in total. The molecule has 0 amide bonds. The van der Waals surface area contributed by atoms with Crippen molar-refractivity contribution in [3.05, 3.63) is 17.5 Å². The van der Waals surface area contributed by atoms with Crippen LogP contribution in [0.2, 0.25) is 0 Å². The molecule has 3 fully saturated rings. The molecular formula is C18H31ClN4. The Balaban J connectivity index is 0.00000156. The first-order chi connectivity index (χ1) is 10.7. The molecule has 3 aliphatic rings. The van der Waals surface area contributed by atoms with Crippen LogP contribution in [-0.4, -0.2) is 40.9 Å². The van der Waals surface area contributed by atoms with E-state index >= 15 is 0 Å². The summed E-state index contributed by atoms with van der Waals surface area (Å²) in [5, 5.41) is 8.41. The van der Waals surface area contributed by atoms with Crippen LogP contribution in [0.4, 0.5) is 0 Å². The maximum atomic E-state index is 4.84. The summed E-state index contributed by atoms with van der Waals surface area (Å²) < 4.78 is 2.04. The van der Waals surface area contributed by atoms with Gasteiger partial charge in [0.1, 0.15) is 0 Å². The summed E-state index contributed by atoms with van der Waals surface area (Å²) >= 11 is 0. The third-order valence-electron chi connectivity index (χ3n) is 6.17. The summed E-state index contributed by atoms with van der Waals surface area (Å²) in [6, 6.07) is 0. The van der Waals surface area contributed by atoms with Gasteiger partial charge in [-0.1, -0.05) is 19.3 Å². The van der Waals surface area contributed by atoms with Gasteiger partial charge in [0.25, 0.3) is 0 Å². The standard InChI is InChI=1S/C18H30N4.ClH/c1-21-11-16(17(20-21)15-5-3-2-4-6-15)12-22-10-8-18(14-22)7-9-19-13-18;/h11,15,19H,2-10,12-14H2,1H3;1H. The summed E-state index contributed by atoms with van der Waals surface area (Å²) in [5.74, 6) is 0.717. The molecule has 4 rings (SSSR count). The third kappa shape index (κ3) is 3.59. The van der Waals surface area contributed by atoms with Crippen LogP contribution in [0.15, 0.2) is 6.20 Å². The van der Waals surface area contributed by atoms with Crippen LogP contribution in [-0.2, 0) is 13.6 Å². The number of rotatable bonds is 3. The van der Waals surface area contributed by atoms with Gasteiger partial charge in [0.05, 0.1) is 5.69 Å². The number of nitrogens with zero attached hydrogens (tertiary/aromatic N) is 3. The summed E-state index contributed by atoms with van der Waals surface area (Å²) in [6.07, 6.45) is 11.9. The minimum atomic E-state index is 0. The molecule has 4 nitrogen and oxygen atoms in total. The number of hydrogen-bond donors (Lipinski definition) is 1. The van der Waals surface area contributed by atoms with E-state index in [0.29, 0.717) is 5.41 Å². The fourth-order valence-corrected chi connectivity index (χ4v) is 4.94. The molecule has 1 aromatic heterocycles. The van der Waals surface area contributed by atoms with Gasteiger partial charge in [-0.15, -0.1) is 12.4 Å². The van der Waals surface area contributed by atoms with E-state index in [1.807, 2.05) is 4.68 Å². The molecular weight excluding hydrogens is 308 g/mol. The van der Waals surface area contributed by atoms with E-state index in [9.17, 15) is 0 Å². The van der Waals surface area contributed by atoms with Crippen molar-refractivity contribution < 1.29 is 0 Å². The van der Waals surface area contributed by atoms with Crippen molar-refractivity contribution in [1.82, 2.24) is 20.0 Å². The molecule has 1 aromatic rings. The Kier molecular flexibility index (Phi) is 5.34. The quantitative estimate of drug-likeness (QED) is 0.919. The predicted molar refractivity (Wildman–Crippen MR) is 96.1 cm³/mol. The first-order valence-corrected chi connectivity index (χ1v) is 9.20. The Morgan fingerprint density at radius 3 is 2.83 bits per heavy atom. The van der Waals surface area contributed by atoms with E-state index in [4.69, 9.17) is 5.10 Å². The lowest BCUT2D eigenvalue weighted by Gasteiger charge is -2.24. The zero-order chi connectivity index (χ0) is 15.0. The normalized spacial score (nSPS) is 29.3. The average Bonchev–Trinajstić information content (AvgIpc) is 3.24. The molecule has 130 valence electrons. The summed E-state index contributed by atoms with van der Waals surface area (Å²) in [5.41, 5.74) is 3.48. The monoisotopic (exact) mass is 338 g/mol. The van der Waals surface area contributed by atoms with Crippen LogP contribution >= 0.6 is 12.4 Å². The molecule has 1 saturated carbocycles. The second-order valence-electron chi connectivity index (χ2n) is 7.94. The zero-order valence-electron chi connectivity index (χ0n) is 14.4. The highest BCUT2D eigenvalue weighted by atomic mass is 35.5. The van der Waals surface area contributed by atoms with Crippen molar-refractivity contribution in [2.24, 2.45) is 12.5 Å². The average molecular weight is 339 g/mol. The fourth-order valence-electron chi connectivity index (χ4n) is 4.94. The maximum absolute atomic E-state index is 4.84. The molecule has 1 atom stereocenters. The topological polar surface area (TPSA) is 33.1 Å². The van der Waals surface area contributed by atoms with E-state index in [0.717, 1.165) is 12.5 Å². The molecule has 23 heavy (non-hydrogen) atoms. The highest BCUT2D eigenvalue weighted by Gasteiger charge is 2.40. The Morgan fingerprint density at radius 1 is 1.26 bits per heavy atom. The minimum Gasteiger partial charge on any atom is -0.316 e. The molecule has 1 unspecified atom stereocenters. The van der Waals surface area contributed by atoms with Crippen molar-refractivity contribution in [2.45, 2.75) is 57.4 Å². The number of aromatic nitrogens is 2. The lowest BCUT2D eigenvalue weighted by atomic mass is 9.85. The van der Waals surface area contributed by atoms with E-state index in [1.165, 1.54) is 82.4 Å². The highest BCUT2D eigenvalue weighted by molar-refractivity contribution is 5.85. The first kappa shape index (κ1) is 17.2. The number of hydrogen-bond acceptors (Lipinski definition) is 3. The van der Waals surface area contributed by atoms with Crippen LogP contribution in [0.25, 0.3) is 0 Å². The lowest BCUT2D eigenvalue weighted by Crippen LogP contribution is -2.29. The second-order valence-corrected chi connectivity index (χ2v) is 7.94. The number of aryl methyl sites for hydroxylation is 1. The Morgan fingerprint density at radius 2 is 2.09 bits per heavy atom. The highest BCUT2D eigenvalue weighted by Crippen LogP contribution is 2.38. The van der Waals surface area contributed by atoms with Gasteiger partial charge < -0.3 is 5.32 Å². The van der Waals surface area contributed by atoms with E-state index < -0.39 is 0 Å². The van der Waals surface area contributed by atoms with Gasteiger partial charge in [0.2, 0.25) is 0 Å². The van der Waals surface area contributed by atoms with Crippen LogP contribution in [0.5, 0.6) is 0 Å². The van der Waals surface area contributed by atoms with Crippen molar-refractivity contribution in [3.8, 4) is 0 Å². The van der Waals surface area contributed by atoms with Gasteiger partial charge in [0.15, 0.2) is 0 Å². The summed E-state index contributed by atoms with van der Waals surface area (Å²) in [6.45, 7) is 6.10. The molecule has 2 saturated heterocycles. The molecule has 2 aliphatic heterocycles. The van der Waals surface area contributed by atoms with Gasteiger partial charge in [-0.25, -0.2) is 0 Å². The molecule has 0 aromatic carbocycles. The first-order valence-electron chi connectivity index (χ1n) is 9.20. The van der Waals surface area contributed by atoms with Gasteiger partial charge >= 0.3 is 0 Å². The second kappa shape index (κ2) is 7.12. The Hall–Kier alpha value is -0.580. The van der Waals surface area contributed by atoms with Crippen molar-refractivity contribution in [3.63, 3.8) is 0 Å². The Labute approximate surface area is 146 Å². The molecule has 0 radical (unpaired) electrons. The van der Waals surface area contributed by atoms with Crippen LogP contribution in [0.1, 0.15) is 62.1 Å². The SMILES string of the molecule is Cl.Cn1cc(CN2CCC3(CCNC3)C2)c(C2CCCCC2)n1. The molecule has 5 heteroatoms. The minimum absolute atomic E-state index is 0. The van der Waals surface area contributed by atoms with E-state index in [1.54, 1.807) is 0 Å². The van der Waals surface area contributed by atoms with Crippen LogP contribution in [0.3, 0.4) is 0 Å². The lowest BCUT2D eigenvalue weighted by molar-refractivity contribution is 0.267. The zero-order valence-corrected chi connectivity index (χ0v) is 15.2. The smallest absolute Gasteiger partial charge is 0.0700 e. The number of nitrogens with one attached hydrogen (secondary N) is 1. The van der Waals surface area contributed by atoms with Gasteiger partial charge in [-0.2, -0.15) is 5.10 Å². The third-order valence-corrected chi connectivity index (χ3v) is 6.17. The maximum Gasteiger partial charge on any atom is 0.0700 e. The predicted octanol–water partition coefficient (Wildman–Crippen LogP) is 3.08. The van der Waals surface area contributed by atoms with Gasteiger partial charge in [-0.05, 0) is 44.2 Å². The summed E-state index contributed by atoms with van der Waals surface area (Å²) in [4.78, 5) is 2.68.